The molecule has 0 spiro atoms. The van der Waals surface area contributed by atoms with E-state index in [0.29, 0.717) is 24.0 Å². The van der Waals surface area contributed by atoms with Gasteiger partial charge in [-0.25, -0.2) is 0 Å². The molecule has 0 saturated heterocycles. The minimum absolute atomic E-state index is 0.119. The molecular weight excluding hydrogens is 300 g/mol. The van der Waals surface area contributed by atoms with Crippen LogP contribution in [0.15, 0.2) is 54.6 Å². The molecule has 2 rings (SSSR count). The molecule has 2 aromatic rings. The molecule has 2 aromatic carbocycles. The monoisotopic (exact) mass is 326 g/mol. The minimum atomic E-state index is -0.356. The Morgan fingerprint density at radius 2 is 1.67 bits per heavy atom. The molecule has 2 atom stereocenters. The highest BCUT2D eigenvalue weighted by Gasteiger charge is 2.23. The molecule has 0 saturated carbocycles. The van der Waals surface area contributed by atoms with Gasteiger partial charge in [-0.15, -0.1) is 0 Å². The van der Waals surface area contributed by atoms with Crippen molar-refractivity contribution in [3.63, 3.8) is 0 Å². The number of hydrogen-bond acceptors (Lipinski definition) is 3. The number of carbonyl (C=O) groups is 1. The summed E-state index contributed by atoms with van der Waals surface area (Å²) in [6.45, 7) is 6.61. The zero-order chi connectivity index (χ0) is 17.5. The highest BCUT2D eigenvalue weighted by atomic mass is 16.5. The first-order chi connectivity index (χ1) is 11.5. The zero-order valence-corrected chi connectivity index (χ0v) is 14.5. The van der Waals surface area contributed by atoms with E-state index in [0.717, 1.165) is 5.56 Å². The Bertz CT molecular complexity index is 656. The third-order valence-electron chi connectivity index (χ3n) is 3.85. The van der Waals surface area contributed by atoms with Gasteiger partial charge in [-0.2, -0.15) is 0 Å². The van der Waals surface area contributed by atoms with Crippen LogP contribution in [0.5, 0.6) is 5.75 Å². The maximum absolute atomic E-state index is 12.6. The lowest BCUT2D eigenvalue weighted by atomic mass is 9.94. The maximum Gasteiger partial charge on any atom is 0.229 e. The van der Waals surface area contributed by atoms with E-state index in [4.69, 9.17) is 10.5 Å². The number of nitrogens with two attached hydrogens (primary N) is 1. The molecule has 4 nitrogen and oxygen atoms in total. The summed E-state index contributed by atoms with van der Waals surface area (Å²) >= 11 is 0. The Morgan fingerprint density at radius 1 is 1.04 bits per heavy atom. The number of anilines is 1. The van der Waals surface area contributed by atoms with E-state index in [-0.39, 0.29) is 17.9 Å². The summed E-state index contributed by atoms with van der Waals surface area (Å²) in [5.41, 5.74) is 7.86. The average Bonchev–Trinajstić information content (AvgIpc) is 2.60. The predicted molar refractivity (Wildman–Crippen MR) is 97.9 cm³/mol. The van der Waals surface area contributed by atoms with Crippen LogP contribution in [-0.2, 0) is 4.79 Å². The van der Waals surface area contributed by atoms with Crippen LogP contribution in [-0.4, -0.2) is 12.5 Å². The molecule has 2 unspecified atom stereocenters. The van der Waals surface area contributed by atoms with E-state index < -0.39 is 0 Å². The minimum Gasteiger partial charge on any atom is -0.491 e. The van der Waals surface area contributed by atoms with Crippen LogP contribution in [0.3, 0.4) is 0 Å². The summed E-state index contributed by atoms with van der Waals surface area (Å²) in [7, 11) is 0. The van der Waals surface area contributed by atoms with Crippen LogP contribution in [0, 0.1) is 11.8 Å². The van der Waals surface area contributed by atoms with Gasteiger partial charge in [0, 0.05) is 6.04 Å². The average molecular weight is 326 g/mol. The van der Waals surface area contributed by atoms with Crippen molar-refractivity contribution in [3.8, 4) is 5.75 Å². The van der Waals surface area contributed by atoms with E-state index in [1.165, 1.54) is 0 Å². The fraction of sp³-hybridized carbons (Fsp3) is 0.350. The molecule has 0 aliphatic heterocycles. The van der Waals surface area contributed by atoms with Crippen LogP contribution in [0.4, 0.5) is 5.69 Å². The molecular formula is C20H26N2O2. The van der Waals surface area contributed by atoms with Crippen molar-refractivity contribution in [1.82, 2.24) is 0 Å². The molecule has 0 aliphatic carbocycles. The van der Waals surface area contributed by atoms with Crippen LogP contribution in [0.1, 0.15) is 32.4 Å². The molecule has 0 heterocycles. The van der Waals surface area contributed by atoms with E-state index in [2.05, 4.69) is 19.2 Å². The number of amides is 1. The van der Waals surface area contributed by atoms with Crippen LogP contribution in [0.25, 0.3) is 0 Å². The molecule has 0 fully saturated rings. The number of rotatable bonds is 7. The number of nitrogens with one attached hydrogen (secondary N) is 1. The normalized spacial score (nSPS) is 13.4. The first kappa shape index (κ1) is 18.0. The van der Waals surface area contributed by atoms with Gasteiger partial charge in [-0.05, 0) is 23.6 Å². The topological polar surface area (TPSA) is 64.3 Å². The summed E-state index contributed by atoms with van der Waals surface area (Å²) in [5.74, 6) is 0.622. The molecule has 4 heteroatoms. The molecule has 0 bridgehead atoms. The smallest absolute Gasteiger partial charge is 0.229 e. The van der Waals surface area contributed by atoms with Crippen molar-refractivity contribution < 1.29 is 9.53 Å². The lowest BCUT2D eigenvalue weighted by Gasteiger charge is -2.21. The fourth-order valence-corrected chi connectivity index (χ4v) is 2.33. The number of para-hydroxylation sites is 2. The first-order valence-corrected chi connectivity index (χ1v) is 8.32. The largest absolute Gasteiger partial charge is 0.491 e. The molecule has 128 valence electrons. The summed E-state index contributed by atoms with van der Waals surface area (Å²) in [4.78, 5) is 12.6. The predicted octanol–water partition coefficient (Wildman–Crippen LogP) is 4.00. The van der Waals surface area contributed by atoms with E-state index in [9.17, 15) is 4.79 Å². The van der Waals surface area contributed by atoms with Gasteiger partial charge in [0.2, 0.25) is 5.91 Å². The van der Waals surface area contributed by atoms with Gasteiger partial charge < -0.3 is 15.8 Å². The van der Waals surface area contributed by atoms with Crippen LogP contribution >= 0.6 is 0 Å². The fourth-order valence-electron chi connectivity index (χ4n) is 2.33. The second kappa shape index (κ2) is 8.50. The Kier molecular flexibility index (Phi) is 6.38. The second-order valence-corrected chi connectivity index (χ2v) is 6.42. The van der Waals surface area contributed by atoms with E-state index >= 15 is 0 Å². The molecule has 0 radical (unpaired) electrons. The molecule has 1 amide bonds. The van der Waals surface area contributed by atoms with Gasteiger partial charge in [0.1, 0.15) is 5.75 Å². The van der Waals surface area contributed by atoms with Gasteiger partial charge >= 0.3 is 0 Å². The van der Waals surface area contributed by atoms with Gasteiger partial charge in [-0.3, -0.25) is 4.79 Å². The van der Waals surface area contributed by atoms with E-state index in [1.54, 1.807) is 0 Å². The van der Waals surface area contributed by atoms with Crippen molar-refractivity contribution in [3.05, 3.63) is 60.2 Å². The summed E-state index contributed by atoms with van der Waals surface area (Å²) < 4.78 is 5.78. The maximum atomic E-state index is 12.6. The highest BCUT2D eigenvalue weighted by Crippen LogP contribution is 2.26. The standard InChI is InChI=1S/C20H26N2O2/c1-14(2)13-24-18-12-8-7-11-17(18)22-20(23)15(3)19(21)16-9-5-4-6-10-16/h4-12,14-15,19H,13,21H2,1-3H3,(H,22,23). The Labute approximate surface area is 144 Å². The summed E-state index contributed by atoms with van der Waals surface area (Å²) in [6, 6.07) is 16.8. The number of ether oxygens (including phenoxy) is 1. The van der Waals surface area contributed by atoms with Gasteiger partial charge in [0.25, 0.3) is 0 Å². The van der Waals surface area contributed by atoms with Crippen molar-refractivity contribution in [2.75, 3.05) is 11.9 Å². The number of carbonyl (C=O) groups excluding carboxylic acids is 1. The van der Waals surface area contributed by atoms with Crippen molar-refractivity contribution >= 4 is 11.6 Å². The van der Waals surface area contributed by atoms with E-state index in [1.807, 2.05) is 61.5 Å². The first-order valence-electron chi connectivity index (χ1n) is 8.32. The molecule has 0 aliphatic rings. The zero-order valence-electron chi connectivity index (χ0n) is 14.5. The Morgan fingerprint density at radius 3 is 2.33 bits per heavy atom. The number of benzene rings is 2. The third-order valence-corrected chi connectivity index (χ3v) is 3.85. The SMILES string of the molecule is CC(C)COc1ccccc1NC(=O)C(C)C(N)c1ccccc1. The third kappa shape index (κ3) is 4.83. The Balaban J connectivity index is 2.06. The molecule has 3 N–H and O–H groups in total. The highest BCUT2D eigenvalue weighted by molar-refractivity contribution is 5.94. The van der Waals surface area contributed by atoms with Gasteiger partial charge in [0.05, 0.1) is 18.2 Å². The molecule has 24 heavy (non-hydrogen) atoms. The van der Waals surface area contributed by atoms with Crippen molar-refractivity contribution in [1.29, 1.82) is 0 Å². The quantitative estimate of drug-likeness (QED) is 0.808. The summed E-state index contributed by atoms with van der Waals surface area (Å²) in [5, 5.41) is 2.94. The molecule has 0 aromatic heterocycles. The van der Waals surface area contributed by atoms with Crippen molar-refractivity contribution in [2.24, 2.45) is 17.6 Å². The second-order valence-electron chi connectivity index (χ2n) is 6.42. The van der Waals surface area contributed by atoms with Gasteiger partial charge in [0.15, 0.2) is 0 Å². The van der Waals surface area contributed by atoms with Crippen LogP contribution in [0.2, 0.25) is 0 Å². The lowest BCUT2D eigenvalue weighted by Crippen LogP contribution is -2.30. The van der Waals surface area contributed by atoms with Gasteiger partial charge in [-0.1, -0.05) is 63.2 Å². The van der Waals surface area contributed by atoms with Crippen LogP contribution < -0.4 is 15.8 Å². The Hall–Kier alpha value is -2.33. The lowest BCUT2D eigenvalue weighted by molar-refractivity contribution is -0.120. The number of hydrogen-bond donors (Lipinski definition) is 2. The summed E-state index contributed by atoms with van der Waals surface area (Å²) in [6.07, 6.45) is 0. The van der Waals surface area contributed by atoms with Crippen molar-refractivity contribution in [2.45, 2.75) is 26.8 Å².